The first kappa shape index (κ1) is 14.1. The van der Waals surface area contributed by atoms with Crippen LogP contribution in [0.4, 0.5) is 0 Å². The Bertz CT molecular complexity index is 525. The number of benzene rings is 1. The van der Waals surface area contributed by atoms with E-state index < -0.39 is 0 Å². The minimum Gasteiger partial charge on any atom is -0.271 e. The van der Waals surface area contributed by atoms with Crippen molar-refractivity contribution in [2.24, 2.45) is 5.84 Å². The maximum absolute atomic E-state index is 5.65. The van der Waals surface area contributed by atoms with Gasteiger partial charge in [0.2, 0.25) is 0 Å². The van der Waals surface area contributed by atoms with Crippen LogP contribution in [0.1, 0.15) is 22.7 Å². The van der Waals surface area contributed by atoms with Gasteiger partial charge in [0.25, 0.3) is 0 Å². The van der Waals surface area contributed by atoms with Crippen LogP contribution in [0.3, 0.4) is 0 Å². The van der Waals surface area contributed by atoms with Crippen LogP contribution in [-0.4, -0.2) is 10.7 Å². The van der Waals surface area contributed by atoms with Crippen molar-refractivity contribution in [2.75, 3.05) is 5.75 Å². The molecule has 0 aliphatic carbocycles. The summed E-state index contributed by atoms with van der Waals surface area (Å²) >= 11 is 1.79. The average Bonchev–Trinajstić information content (AvgIpc) is 2.42. The van der Waals surface area contributed by atoms with Gasteiger partial charge in [0.05, 0.1) is 6.04 Å². The number of hydrogen-bond acceptors (Lipinski definition) is 4. The number of pyridine rings is 1. The largest absolute Gasteiger partial charge is 0.271 e. The van der Waals surface area contributed by atoms with Crippen molar-refractivity contribution in [2.45, 2.75) is 24.8 Å². The molecule has 1 heterocycles. The van der Waals surface area contributed by atoms with Crippen molar-refractivity contribution in [1.82, 2.24) is 10.4 Å². The van der Waals surface area contributed by atoms with E-state index in [1.807, 2.05) is 19.3 Å². The maximum atomic E-state index is 5.65. The lowest BCUT2D eigenvalue weighted by Gasteiger charge is -2.16. The molecule has 0 spiro atoms. The van der Waals surface area contributed by atoms with Gasteiger partial charge in [0.1, 0.15) is 0 Å². The van der Waals surface area contributed by atoms with Gasteiger partial charge in [-0.3, -0.25) is 16.3 Å². The van der Waals surface area contributed by atoms with Gasteiger partial charge >= 0.3 is 0 Å². The van der Waals surface area contributed by atoms with Crippen LogP contribution >= 0.6 is 11.8 Å². The Morgan fingerprint density at radius 1 is 1.16 bits per heavy atom. The Balaban J connectivity index is 2.01. The summed E-state index contributed by atoms with van der Waals surface area (Å²) in [6.07, 6.45) is 3.72. The molecule has 2 aromatic rings. The molecule has 19 heavy (non-hydrogen) atoms. The molecule has 1 aromatic heterocycles. The number of rotatable bonds is 5. The summed E-state index contributed by atoms with van der Waals surface area (Å²) in [5.41, 5.74) is 6.42. The Morgan fingerprint density at radius 2 is 1.89 bits per heavy atom. The van der Waals surface area contributed by atoms with Gasteiger partial charge in [-0.15, -0.1) is 11.8 Å². The normalized spacial score (nSPS) is 12.4. The van der Waals surface area contributed by atoms with Crippen LogP contribution in [0, 0.1) is 13.8 Å². The summed E-state index contributed by atoms with van der Waals surface area (Å²) in [7, 11) is 0. The molecule has 1 unspecified atom stereocenters. The smallest absolute Gasteiger partial charge is 0.0569 e. The summed E-state index contributed by atoms with van der Waals surface area (Å²) in [6, 6.07) is 10.8. The van der Waals surface area contributed by atoms with Gasteiger partial charge in [-0.25, -0.2) is 0 Å². The highest BCUT2D eigenvalue weighted by molar-refractivity contribution is 7.99. The Kier molecular flexibility index (Phi) is 4.96. The van der Waals surface area contributed by atoms with E-state index in [0.29, 0.717) is 0 Å². The molecule has 0 amide bonds. The lowest BCUT2D eigenvalue weighted by atomic mass is 10.1. The van der Waals surface area contributed by atoms with E-state index in [4.69, 9.17) is 5.84 Å². The van der Waals surface area contributed by atoms with Gasteiger partial charge in [-0.05, 0) is 37.1 Å². The van der Waals surface area contributed by atoms with Crippen molar-refractivity contribution in [1.29, 1.82) is 0 Å². The summed E-state index contributed by atoms with van der Waals surface area (Å²) in [5.74, 6) is 6.53. The lowest BCUT2D eigenvalue weighted by molar-refractivity contribution is 0.608. The van der Waals surface area contributed by atoms with Gasteiger partial charge < -0.3 is 0 Å². The first-order chi connectivity index (χ1) is 9.19. The van der Waals surface area contributed by atoms with Gasteiger partial charge in [0, 0.05) is 23.0 Å². The second-order valence-corrected chi connectivity index (χ2v) is 5.73. The minimum absolute atomic E-state index is 0.110. The summed E-state index contributed by atoms with van der Waals surface area (Å²) in [5, 5.41) is 0. The van der Waals surface area contributed by atoms with Crippen LogP contribution in [0.15, 0.2) is 47.6 Å². The van der Waals surface area contributed by atoms with Crippen LogP contribution in [-0.2, 0) is 0 Å². The fraction of sp³-hybridized carbons (Fsp3) is 0.267. The van der Waals surface area contributed by atoms with E-state index in [-0.39, 0.29) is 6.04 Å². The van der Waals surface area contributed by atoms with Crippen molar-refractivity contribution in [3.63, 3.8) is 0 Å². The topological polar surface area (TPSA) is 50.9 Å². The third kappa shape index (κ3) is 4.06. The minimum atomic E-state index is 0.110. The monoisotopic (exact) mass is 273 g/mol. The molecule has 1 aromatic carbocycles. The van der Waals surface area contributed by atoms with Gasteiger partial charge in [-0.2, -0.15) is 0 Å². The molecule has 100 valence electrons. The number of aromatic nitrogens is 1. The maximum Gasteiger partial charge on any atom is 0.0569 e. The zero-order chi connectivity index (χ0) is 13.7. The standard InChI is InChI=1S/C15H19N3S/c1-11-3-5-14(6-4-11)19-10-15(18-16)13-7-12(2)8-17-9-13/h3-9,15,18H,10,16H2,1-2H3. The zero-order valence-electron chi connectivity index (χ0n) is 11.3. The Morgan fingerprint density at radius 3 is 2.53 bits per heavy atom. The fourth-order valence-corrected chi connectivity index (χ4v) is 2.80. The van der Waals surface area contributed by atoms with Crippen molar-refractivity contribution in [3.05, 3.63) is 59.4 Å². The second-order valence-electron chi connectivity index (χ2n) is 4.64. The highest BCUT2D eigenvalue weighted by atomic mass is 32.2. The van der Waals surface area contributed by atoms with E-state index >= 15 is 0 Å². The number of hydrazine groups is 1. The molecule has 0 fully saturated rings. The Hall–Kier alpha value is -1.36. The number of hydrogen-bond donors (Lipinski definition) is 2. The molecule has 0 aliphatic heterocycles. The number of nitrogens with zero attached hydrogens (tertiary/aromatic N) is 1. The zero-order valence-corrected chi connectivity index (χ0v) is 12.1. The summed E-state index contributed by atoms with van der Waals surface area (Å²) in [4.78, 5) is 5.47. The average molecular weight is 273 g/mol. The molecule has 0 saturated carbocycles. The third-order valence-corrected chi connectivity index (χ3v) is 4.04. The van der Waals surface area contributed by atoms with E-state index in [1.54, 1.807) is 11.8 Å². The number of thioether (sulfide) groups is 1. The molecule has 4 heteroatoms. The van der Waals surface area contributed by atoms with E-state index in [2.05, 4.69) is 47.7 Å². The first-order valence-corrected chi connectivity index (χ1v) is 7.25. The Labute approximate surface area is 118 Å². The van der Waals surface area contributed by atoms with Gasteiger partial charge in [-0.1, -0.05) is 23.8 Å². The second kappa shape index (κ2) is 6.70. The predicted molar refractivity (Wildman–Crippen MR) is 80.9 cm³/mol. The SMILES string of the molecule is Cc1ccc(SCC(NN)c2cncc(C)c2)cc1. The van der Waals surface area contributed by atoms with Crippen LogP contribution in [0.25, 0.3) is 0 Å². The molecular formula is C15H19N3S. The first-order valence-electron chi connectivity index (χ1n) is 6.26. The molecule has 3 N–H and O–H groups in total. The predicted octanol–water partition coefficient (Wildman–Crippen LogP) is 3.00. The third-order valence-electron chi connectivity index (χ3n) is 2.94. The van der Waals surface area contributed by atoms with Gasteiger partial charge in [0.15, 0.2) is 0 Å². The van der Waals surface area contributed by atoms with E-state index in [9.17, 15) is 0 Å². The van der Waals surface area contributed by atoms with Crippen LogP contribution < -0.4 is 11.3 Å². The summed E-state index contributed by atoms with van der Waals surface area (Å²) in [6.45, 7) is 4.13. The highest BCUT2D eigenvalue weighted by Gasteiger charge is 2.10. The number of nitrogens with one attached hydrogen (secondary N) is 1. The molecule has 3 nitrogen and oxygen atoms in total. The molecule has 2 rings (SSSR count). The number of nitrogens with two attached hydrogens (primary N) is 1. The molecule has 0 aliphatic rings. The molecule has 0 saturated heterocycles. The number of aryl methyl sites for hydroxylation is 2. The highest BCUT2D eigenvalue weighted by Crippen LogP contribution is 2.24. The van der Waals surface area contributed by atoms with Crippen molar-refractivity contribution >= 4 is 11.8 Å². The van der Waals surface area contributed by atoms with Crippen LogP contribution in [0.5, 0.6) is 0 Å². The summed E-state index contributed by atoms with van der Waals surface area (Å²) < 4.78 is 0. The quantitative estimate of drug-likeness (QED) is 0.499. The van der Waals surface area contributed by atoms with Crippen LogP contribution in [0.2, 0.25) is 0 Å². The van der Waals surface area contributed by atoms with Crippen molar-refractivity contribution in [3.8, 4) is 0 Å². The fourth-order valence-electron chi connectivity index (χ4n) is 1.82. The lowest BCUT2D eigenvalue weighted by Crippen LogP contribution is -2.29. The molecular weight excluding hydrogens is 254 g/mol. The van der Waals surface area contributed by atoms with Crippen molar-refractivity contribution < 1.29 is 0 Å². The molecule has 1 atom stereocenters. The van der Waals surface area contributed by atoms with E-state index in [1.165, 1.54) is 10.5 Å². The molecule has 0 bridgehead atoms. The molecule has 0 radical (unpaired) electrons. The van der Waals surface area contributed by atoms with E-state index in [0.717, 1.165) is 16.9 Å².